The summed E-state index contributed by atoms with van der Waals surface area (Å²) in [6, 6.07) is 9.04. The molecule has 0 radical (unpaired) electrons. The summed E-state index contributed by atoms with van der Waals surface area (Å²) >= 11 is 0. The van der Waals surface area contributed by atoms with E-state index < -0.39 is 5.97 Å². The van der Waals surface area contributed by atoms with Crippen LogP contribution in [0.1, 0.15) is 50.3 Å². The highest BCUT2D eigenvalue weighted by Gasteiger charge is 2.29. The highest BCUT2D eigenvalue weighted by atomic mass is 16.4. The van der Waals surface area contributed by atoms with E-state index in [4.69, 9.17) is 5.11 Å². The summed E-state index contributed by atoms with van der Waals surface area (Å²) in [5, 5.41) is 9.17. The maximum absolute atomic E-state index is 11.1. The van der Waals surface area contributed by atoms with Crippen molar-refractivity contribution in [2.45, 2.75) is 51.6 Å². The van der Waals surface area contributed by atoms with Crippen molar-refractivity contribution < 1.29 is 9.90 Å². The Labute approximate surface area is 115 Å². The van der Waals surface area contributed by atoms with Crippen molar-refractivity contribution >= 4 is 5.97 Å². The molecule has 104 valence electrons. The third kappa shape index (κ3) is 3.16. The Morgan fingerprint density at radius 1 is 1.47 bits per heavy atom. The summed E-state index contributed by atoms with van der Waals surface area (Å²) < 4.78 is 0. The third-order valence-corrected chi connectivity index (χ3v) is 4.21. The van der Waals surface area contributed by atoms with Gasteiger partial charge >= 0.3 is 5.97 Å². The second-order valence-corrected chi connectivity index (χ2v) is 5.43. The fourth-order valence-corrected chi connectivity index (χ4v) is 3.04. The summed E-state index contributed by atoms with van der Waals surface area (Å²) in [6.45, 7) is 4.38. The van der Waals surface area contributed by atoms with Gasteiger partial charge in [0, 0.05) is 12.1 Å². The largest absolute Gasteiger partial charge is 0.480 e. The molecule has 0 saturated heterocycles. The highest BCUT2D eigenvalue weighted by Crippen LogP contribution is 2.35. The molecule has 1 aromatic carbocycles. The lowest BCUT2D eigenvalue weighted by atomic mass is 9.86. The SMILES string of the molecule is CCC(C)N(CC(=O)O)C1CCCc2ccccc21. The third-order valence-electron chi connectivity index (χ3n) is 4.21. The zero-order chi connectivity index (χ0) is 13.8. The average Bonchev–Trinajstić information content (AvgIpc) is 2.43. The van der Waals surface area contributed by atoms with E-state index in [2.05, 4.69) is 43.0 Å². The average molecular weight is 261 g/mol. The molecule has 0 fully saturated rings. The second-order valence-electron chi connectivity index (χ2n) is 5.43. The van der Waals surface area contributed by atoms with Crippen LogP contribution in [-0.2, 0) is 11.2 Å². The first-order valence-electron chi connectivity index (χ1n) is 7.18. The van der Waals surface area contributed by atoms with Gasteiger partial charge in [0.25, 0.3) is 0 Å². The normalized spacial score (nSPS) is 20.1. The van der Waals surface area contributed by atoms with Crippen molar-refractivity contribution in [3.05, 3.63) is 35.4 Å². The predicted octanol–water partition coefficient (Wildman–Crippen LogP) is 3.25. The van der Waals surface area contributed by atoms with Crippen LogP contribution in [0, 0.1) is 0 Å². The van der Waals surface area contributed by atoms with Gasteiger partial charge in [0.15, 0.2) is 0 Å². The van der Waals surface area contributed by atoms with E-state index in [1.54, 1.807) is 0 Å². The molecule has 0 aromatic heterocycles. The second kappa shape index (κ2) is 6.20. The topological polar surface area (TPSA) is 40.5 Å². The van der Waals surface area contributed by atoms with Crippen molar-refractivity contribution in [3.63, 3.8) is 0 Å². The van der Waals surface area contributed by atoms with Crippen molar-refractivity contribution in [2.75, 3.05) is 6.54 Å². The maximum Gasteiger partial charge on any atom is 0.317 e. The van der Waals surface area contributed by atoms with Crippen molar-refractivity contribution in [1.82, 2.24) is 4.90 Å². The minimum Gasteiger partial charge on any atom is -0.480 e. The molecular weight excluding hydrogens is 238 g/mol. The Kier molecular flexibility index (Phi) is 4.59. The molecule has 1 N–H and O–H groups in total. The number of rotatable bonds is 5. The van der Waals surface area contributed by atoms with Gasteiger partial charge in [0.05, 0.1) is 6.54 Å². The molecule has 2 unspecified atom stereocenters. The Morgan fingerprint density at radius 3 is 2.89 bits per heavy atom. The minimum absolute atomic E-state index is 0.133. The lowest BCUT2D eigenvalue weighted by Crippen LogP contribution is -2.41. The summed E-state index contributed by atoms with van der Waals surface area (Å²) in [6.07, 6.45) is 4.31. The van der Waals surface area contributed by atoms with E-state index in [9.17, 15) is 4.79 Å². The van der Waals surface area contributed by atoms with Crippen LogP contribution in [0.25, 0.3) is 0 Å². The number of hydrogen-bond donors (Lipinski definition) is 1. The maximum atomic E-state index is 11.1. The molecule has 2 rings (SSSR count). The molecule has 0 spiro atoms. The van der Waals surface area contributed by atoms with E-state index in [1.165, 1.54) is 11.1 Å². The quantitative estimate of drug-likeness (QED) is 0.884. The Balaban J connectivity index is 2.29. The van der Waals surface area contributed by atoms with E-state index in [0.717, 1.165) is 25.7 Å². The summed E-state index contributed by atoms with van der Waals surface area (Å²) in [5.41, 5.74) is 2.72. The number of carbonyl (C=O) groups is 1. The van der Waals surface area contributed by atoms with Gasteiger partial charge in [0.1, 0.15) is 0 Å². The van der Waals surface area contributed by atoms with Crippen LogP contribution in [0.2, 0.25) is 0 Å². The number of aliphatic carboxylic acids is 1. The van der Waals surface area contributed by atoms with Crippen molar-refractivity contribution in [1.29, 1.82) is 0 Å². The summed E-state index contributed by atoms with van der Waals surface area (Å²) in [5.74, 6) is -0.733. The van der Waals surface area contributed by atoms with Gasteiger partial charge in [-0.15, -0.1) is 0 Å². The van der Waals surface area contributed by atoms with Gasteiger partial charge in [-0.05, 0) is 43.7 Å². The molecule has 0 heterocycles. The van der Waals surface area contributed by atoms with Crippen molar-refractivity contribution in [3.8, 4) is 0 Å². The predicted molar refractivity (Wildman–Crippen MR) is 76.2 cm³/mol. The number of carboxylic acid groups (broad SMARTS) is 1. The van der Waals surface area contributed by atoms with E-state index in [0.29, 0.717) is 6.04 Å². The van der Waals surface area contributed by atoms with Crippen LogP contribution >= 0.6 is 0 Å². The Hall–Kier alpha value is -1.35. The fourth-order valence-electron chi connectivity index (χ4n) is 3.04. The summed E-state index contributed by atoms with van der Waals surface area (Å²) in [7, 11) is 0. The van der Waals surface area contributed by atoms with E-state index in [-0.39, 0.29) is 12.6 Å². The Bertz CT molecular complexity index is 444. The first-order valence-corrected chi connectivity index (χ1v) is 7.18. The first-order chi connectivity index (χ1) is 9.13. The number of benzene rings is 1. The van der Waals surface area contributed by atoms with Gasteiger partial charge in [-0.25, -0.2) is 0 Å². The van der Waals surface area contributed by atoms with Gasteiger partial charge in [0.2, 0.25) is 0 Å². The smallest absolute Gasteiger partial charge is 0.317 e. The molecule has 0 bridgehead atoms. The fraction of sp³-hybridized carbons (Fsp3) is 0.562. The first kappa shape index (κ1) is 14.1. The zero-order valence-corrected chi connectivity index (χ0v) is 11.8. The number of fused-ring (bicyclic) bond motifs is 1. The molecule has 0 amide bonds. The van der Waals surface area contributed by atoms with Gasteiger partial charge < -0.3 is 5.11 Å². The lowest BCUT2D eigenvalue weighted by molar-refractivity contribution is -0.139. The molecule has 1 aromatic rings. The molecule has 3 nitrogen and oxygen atoms in total. The molecule has 1 aliphatic rings. The van der Waals surface area contributed by atoms with Gasteiger partial charge in [-0.3, -0.25) is 9.69 Å². The highest BCUT2D eigenvalue weighted by molar-refractivity contribution is 5.69. The van der Waals surface area contributed by atoms with Crippen LogP contribution in [0.15, 0.2) is 24.3 Å². The zero-order valence-electron chi connectivity index (χ0n) is 11.8. The molecule has 19 heavy (non-hydrogen) atoms. The molecule has 0 saturated carbocycles. The van der Waals surface area contributed by atoms with Crippen LogP contribution in [0.5, 0.6) is 0 Å². The van der Waals surface area contributed by atoms with Crippen LogP contribution in [-0.4, -0.2) is 28.6 Å². The Morgan fingerprint density at radius 2 is 2.21 bits per heavy atom. The standard InChI is InChI=1S/C16H23NO2/c1-3-12(2)17(11-16(18)19)15-10-6-8-13-7-4-5-9-14(13)15/h4-5,7,9,12,15H,3,6,8,10-11H2,1-2H3,(H,18,19). The monoisotopic (exact) mass is 261 g/mol. The molecule has 2 atom stereocenters. The van der Waals surface area contributed by atoms with E-state index in [1.807, 2.05) is 0 Å². The van der Waals surface area contributed by atoms with Crippen molar-refractivity contribution in [2.24, 2.45) is 0 Å². The molecule has 0 aliphatic heterocycles. The lowest BCUT2D eigenvalue weighted by Gasteiger charge is -2.38. The molecule has 3 heteroatoms. The van der Waals surface area contributed by atoms with Crippen LogP contribution < -0.4 is 0 Å². The minimum atomic E-state index is -0.733. The van der Waals surface area contributed by atoms with Crippen LogP contribution in [0.4, 0.5) is 0 Å². The number of hydrogen-bond acceptors (Lipinski definition) is 2. The molecular formula is C16H23NO2. The van der Waals surface area contributed by atoms with Gasteiger partial charge in [-0.1, -0.05) is 31.2 Å². The van der Waals surface area contributed by atoms with Crippen LogP contribution in [0.3, 0.4) is 0 Å². The van der Waals surface area contributed by atoms with Gasteiger partial charge in [-0.2, -0.15) is 0 Å². The number of carboxylic acids is 1. The number of nitrogens with zero attached hydrogens (tertiary/aromatic N) is 1. The molecule has 1 aliphatic carbocycles. The number of aryl methyl sites for hydroxylation is 1. The summed E-state index contributed by atoms with van der Waals surface area (Å²) in [4.78, 5) is 13.3. The van der Waals surface area contributed by atoms with E-state index >= 15 is 0 Å².